The molecule has 0 saturated carbocycles. The molecule has 0 amide bonds. The second-order valence-corrected chi connectivity index (χ2v) is 10.4. The van der Waals surface area contributed by atoms with Crippen LogP contribution in [0.1, 0.15) is 17.7 Å². The average molecular weight is 523 g/mol. The smallest absolute Gasteiger partial charge is 0.223 e. The Hall–Kier alpha value is -3.30. The summed E-state index contributed by atoms with van der Waals surface area (Å²) in [5.41, 5.74) is 4.34. The van der Waals surface area contributed by atoms with E-state index in [4.69, 9.17) is 24.2 Å². The molecule has 1 N–H and O–H groups in total. The number of nitrogens with zero attached hydrogens (tertiary/aromatic N) is 5. The molecule has 2 aromatic carbocycles. The van der Waals surface area contributed by atoms with Gasteiger partial charge in [0.1, 0.15) is 5.75 Å². The molecule has 3 aromatic rings. The van der Waals surface area contributed by atoms with Crippen LogP contribution >= 0.6 is 0 Å². The number of likely N-dealkylation sites (tertiary alicyclic amines) is 1. The molecular weight excluding hydrogens is 480 g/mol. The molecule has 9 heteroatoms. The van der Waals surface area contributed by atoms with Gasteiger partial charge in [-0.2, -0.15) is 0 Å². The second-order valence-electron chi connectivity index (χ2n) is 10.4. The highest BCUT2D eigenvalue weighted by Crippen LogP contribution is 2.35. The zero-order chi connectivity index (χ0) is 27.2. The maximum absolute atomic E-state index is 5.72. The number of likely N-dealkylation sites (N-methyl/N-ethyl adjacent to an activating group) is 1. The Morgan fingerprint density at radius 1 is 0.974 bits per heavy atom. The summed E-state index contributed by atoms with van der Waals surface area (Å²) >= 11 is 0. The molecule has 1 aromatic heterocycles. The lowest BCUT2D eigenvalue weighted by atomic mass is 9.99. The van der Waals surface area contributed by atoms with Crippen LogP contribution in [-0.2, 0) is 13.0 Å². The number of fused-ring (bicyclic) bond motifs is 1. The van der Waals surface area contributed by atoms with Crippen LogP contribution in [0.3, 0.4) is 0 Å². The van der Waals surface area contributed by atoms with Crippen molar-refractivity contribution in [1.82, 2.24) is 19.8 Å². The first-order valence-electron chi connectivity index (χ1n) is 13.2. The number of hydrogen-bond donors (Lipinski definition) is 1. The third-order valence-electron chi connectivity index (χ3n) is 7.17. The minimum Gasteiger partial charge on any atom is -0.496 e. The van der Waals surface area contributed by atoms with Crippen molar-refractivity contribution in [3.8, 4) is 17.2 Å². The zero-order valence-electron chi connectivity index (χ0n) is 23.9. The van der Waals surface area contributed by atoms with Gasteiger partial charge in [0.25, 0.3) is 0 Å². The normalized spacial score (nSPS) is 15.7. The van der Waals surface area contributed by atoms with Gasteiger partial charge in [0, 0.05) is 63.0 Å². The highest BCUT2D eigenvalue weighted by Gasteiger charge is 2.26. The van der Waals surface area contributed by atoms with Crippen LogP contribution in [0.15, 0.2) is 30.3 Å². The fraction of sp³-hybridized carbons (Fsp3) is 0.517. The molecule has 0 unspecified atom stereocenters. The van der Waals surface area contributed by atoms with Crippen LogP contribution in [0.2, 0.25) is 0 Å². The summed E-state index contributed by atoms with van der Waals surface area (Å²) in [5, 5.41) is 4.42. The number of aromatic nitrogens is 2. The minimum absolute atomic E-state index is 0.494. The van der Waals surface area contributed by atoms with E-state index >= 15 is 0 Å². The first-order valence-corrected chi connectivity index (χ1v) is 13.2. The molecule has 1 saturated heterocycles. The van der Waals surface area contributed by atoms with Crippen molar-refractivity contribution in [3.05, 3.63) is 41.6 Å². The van der Waals surface area contributed by atoms with Gasteiger partial charge in [-0.1, -0.05) is 6.07 Å². The number of ether oxygens (including phenoxy) is 3. The Balaban J connectivity index is 1.57. The molecule has 1 aliphatic rings. The van der Waals surface area contributed by atoms with Crippen molar-refractivity contribution in [3.63, 3.8) is 0 Å². The molecular formula is C29H42N6O3. The van der Waals surface area contributed by atoms with Crippen LogP contribution < -0.4 is 24.4 Å². The summed E-state index contributed by atoms with van der Waals surface area (Å²) in [6, 6.07) is 10.2. The summed E-state index contributed by atoms with van der Waals surface area (Å²) in [4.78, 5) is 16.6. The second kappa shape index (κ2) is 12.5. The van der Waals surface area contributed by atoms with E-state index in [0.29, 0.717) is 23.4 Å². The number of rotatable bonds is 12. The molecule has 2 heterocycles. The summed E-state index contributed by atoms with van der Waals surface area (Å²) in [6.07, 6.45) is 1.99. The molecule has 0 radical (unpaired) electrons. The van der Waals surface area contributed by atoms with Crippen molar-refractivity contribution in [1.29, 1.82) is 0 Å². The van der Waals surface area contributed by atoms with Gasteiger partial charge in [-0.25, -0.2) is 9.97 Å². The van der Waals surface area contributed by atoms with Gasteiger partial charge in [0.15, 0.2) is 11.5 Å². The van der Waals surface area contributed by atoms with Gasteiger partial charge in [-0.05, 0) is 57.6 Å². The zero-order valence-corrected chi connectivity index (χ0v) is 23.9. The van der Waals surface area contributed by atoms with Crippen LogP contribution in [-0.4, -0.2) is 95.5 Å². The number of methoxy groups -OCH3 is 3. The fourth-order valence-electron chi connectivity index (χ4n) is 5.19. The van der Waals surface area contributed by atoms with Crippen molar-refractivity contribution < 1.29 is 14.2 Å². The third-order valence-corrected chi connectivity index (χ3v) is 7.17. The Labute approximate surface area is 226 Å². The van der Waals surface area contributed by atoms with Crippen LogP contribution in [0.5, 0.6) is 17.2 Å². The Kier molecular flexibility index (Phi) is 9.12. The van der Waals surface area contributed by atoms with Crippen molar-refractivity contribution in [2.45, 2.75) is 19.4 Å². The SMILES string of the molecule is COc1cc2nc(NCCN(C)C)nc(C[C@H]3CCN(Cc4c(OC)cccc4N(C)C)C3)c2cc1OC. The first-order chi connectivity index (χ1) is 18.3. The van der Waals surface area contributed by atoms with E-state index in [0.717, 1.165) is 67.9 Å². The van der Waals surface area contributed by atoms with E-state index in [1.54, 1.807) is 21.3 Å². The van der Waals surface area contributed by atoms with Gasteiger partial charge < -0.3 is 29.3 Å². The molecule has 1 atom stereocenters. The summed E-state index contributed by atoms with van der Waals surface area (Å²) in [6.45, 7) is 4.59. The standard InChI is InChI=1S/C29H42N6O3/c1-33(2)14-12-30-29-31-23(21-16-27(37-6)28(38-7)17-24(21)32-29)15-20-11-13-35(18-20)19-22-25(34(3)4)9-8-10-26(22)36-5/h8-10,16-17,20H,11-15,18-19H2,1-7H3,(H,30,31,32)/t20-/m1/s1. The van der Waals surface area contributed by atoms with E-state index in [-0.39, 0.29) is 0 Å². The van der Waals surface area contributed by atoms with E-state index < -0.39 is 0 Å². The van der Waals surface area contributed by atoms with Crippen molar-refractivity contribution >= 4 is 22.5 Å². The number of nitrogens with one attached hydrogen (secondary N) is 1. The van der Waals surface area contributed by atoms with Gasteiger partial charge in [-0.15, -0.1) is 0 Å². The molecule has 1 aliphatic heterocycles. The molecule has 0 aliphatic carbocycles. The minimum atomic E-state index is 0.494. The van der Waals surface area contributed by atoms with E-state index in [1.165, 1.54) is 11.3 Å². The predicted molar refractivity (Wildman–Crippen MR) is 154 cm³/mol. The summed E-state index contributed by atoms with van der Waals surface area (Å²) in [5.74, 6) is 3.45. The van der Waals surface area contributed by atoms with Crippen LogP contribution in [0, 0.1) is 5.92 Å². The molecule has 0 bridgehead atoms. The predicted octanol–water partition coefficient (Wildman–Crippen LogP) is 3.76. The fourth-order valence-corrected chi connectivity index (χ4v) is 5.19. The topological polar surface area (TPSA) is 75.2 Å². The summed E-state index contributed by atoms with van der Waals surface area (Å²) in [7, 11) is 13.3. The molecule has 4 rings (SSSR count). The van der Waals surface area contributed by atoms with E-state index in [2.05, 4.69) is 66.4 Å². The number of anilines is 2. The van der Waals surface area contributed by atoms with Crippen LogP contribution in [0.25, 0.3) is 10.9 Å². The maximum Gasteiger partial charge on any atom is 0.223 e. The Morgan fingerprint density at radius 3 is 2.39 bits per heavy atom. The Morgan fingerprint density at radius 2 is 1.71 bits per heavy atom. The lowest BCUT2D eigenvalue weighted by molar-refractivity contribution is 0.308. The third kappa shape index (κ3) is 6.39. The maximum atomic E-state index is 5.72. The molecule has 0 spiro atoms. The number of benzene rings is 2. The largest absolute Gasteiger partial charge is 0.496 e. The first kappa shape index (κ1) is 27.7. The van der Waals surface area contributed by atoms with Gasteiger partial charge in [0.05, 0.1) is 32.5 Å². The van der Waals surface area contributed by atoms with Gasteiger partial charge in [-0.3, -0.25) is 4.90 Å². The van der Waals surface area contributed by atoms with Crippen molar-refractivity contribution in [2.24, 2.45) is 5.92 Å². The van der Waals surface area contributed by atoms with E-state index in [9.17, 15) is 0 Å². The lowest BCUT2D eigenvalue weighted by Crippen LogP contribution is -2.23. The number of hydrogen-bond acceptors (Lipinski definition) is 9. The highest BCUT2D eigenvalue weighted by atomic mass is 16.5. The molecule has 206 valence electrons. The average Bonchev–Trinajstić information content (AvgIpc) is 3.34. The molecule has 9 nitrogen and oxygen atoms in total. The van der Waals surface area contributed by atoms with Crippen LogP contribution in [0.4, 0.5) is 11.6 Å². The Bertz CT molecular complexity index is 1230. The van der Waals surface area contributed by atoms with Crippen molar-refractivity contribution in [2.75, 3.05) is 85.9 Å². The molecule has 38 heavy (non-hydrogen) atoms. The monoisotopic (exact) mass is 522 g/mol. The molecule has 1 fully saturated rings. The lowest BCUT2D eigenvalue weighted by Gasteiger charge is -2.24. The summed E-state index contributed by atoms with van der Waals surface area (Å²) < 4.78 is 16.9. The highest BCUT2D eigenvalue weighted by molar-refractivity contribution is 5.85. The van der Waals surface area contributed by atoms with Gasteiger partial charge in [0.2, 0.25) is 5.95 Å². The van der Waals surface area contributed by atoms with Gasteiger partial charge >= 0.3 is 0 Å². The van der Waals surface area contributed by atoms with E-state index in [1.807, 2.05) is 12.1 Å². The quantitative estimate of drug-likeness (QED) is 0.383.